The number of nitrogens with zero attached hydrogens (tertiary/aromatic N) is 2. The zero-order valence-corrected chi connectivity index (χ0v) is 17.8. The second-order valence-corrected chi connectivity index (χ2v) is 7.39. The molecule has 30 heavy (non-hydrogen) atoms. The summed E-state index contributed by atoms with van der Waals surface area (Å²) in [6.07, 6.45) is 0.298. The third-order valence-corrected chi connectivity index (χ3v) is 5.21. The Balaban J connectivity index is 1.55. The fourth-order valence-corrected chi connectivity index (χ4v) is 3.60. The number of hydrogen-bond acceptors (Lipinski definition) is 5. The minimum atomic E-state index is -0.147. The number of para-hydroxylation sites is 3. The number of methoxy groups -OCH3 is 1. The Kier molecular flexibility index (Phi) is 7.30. The lowest BCUT2D eigenvalue weighted by Crippen LogP contribution is -2.39. The van der Waals surface area contributed by atoms with Crippen LogP contribution in [0.15, 0.2) is 48.5 Å². The molecule has 0 aliphatic carbocycles. The van der Waals surface area contributed by atoms with Crippen LogP contribution in [0.25, 0.3) is 0 Å². The molecule has 1 N–H and O–H groups in total. The van der Waals surface area contributed by atoms with E-state index in [1.807, 2.05) is 67.5 Å². The summed E-state index contributed by atoms with van der Waals surface area (Å²) < 4.78 is 11.0. The first-order chi connectivity index (χ1) is 14.5. The third-order valence-electron chi connectivity index (χ3n) is 5.21. The summed E-state index contributed by atoms with van der Waals surface area (Å²) in [6, 6.07) is 15.2. The fourth-order valence-electron chi connectivity index (χ4n) is 3.60. The number of amides is 2. The topological polar surface area (TPSA) is 71.1 Å². The van der Waals surface area contributed by atoms with Gasteiger partial charge in [0.15, 0.2) is 0 Å². The number of fused-ring (bicyclic) bond motifs is 1. The van der Waals surface area contributed by atoms with Crippen molar-refractivity contribution in [2.75, 3.05) is 45.8 Å². The van der Waals surface area contributed by atoms with E-state index >= 15 is 0 Å². The first-order valence-corrected chi connectivity index (χ1v) is 10.1. The summed E-state index contributed by atoms with van der Waals surface area (Å²) in [7, 11) is 5.56. The van der Waals surface area contributed by atoms with E-state index in [-0.39, 0.29) is 30.7 Å². The van der Waals surface area contributed by atoms with Gasteiger partial charge in [0.25, 0.3) is 0 Å². The van der Waals surface area contributed by atoms with Gasteiger partial charge in [0.2, 0.25) is 11.8 Å². The van der Waals surface area contributed by atoms with Crippen LogP contribution in [-0.2, 0) is 9.59 Å². The van der Waals surface area contributed by atoms with Gasteiger partial charge in [0, 0.05) is 24.9 Å². The van der Waals surface area contributed by atoms with Gasteiger partial charge in [-0.25, -0.2) is 0 Å². The predicted molar refractivity (Wildman–Crippen MR) is 116 cm³/mol. The molecule has 1 unspecified atom stereocenters. The average Bonchev–Trinajstić information content (AvgIpc) is 2.77. The minimum Gasteiger partial charge on any atom is -0.496 e. The Morgan fingerprint density at radius 2 is 1.87 bits per heavy atom. The molecule has 160 valence electrons. The van der Waals surface area contributed by atoms with Crippen LogP contribution in [0.4, 0.5) is 5.69 Å². The predicted octanol–water partition coefficient (Wildman–Crippen LogP) is 2.62. The Bertz CT molecular complexity index is 884. The standard InChI is InChI=1S/C23H29N3O4/c1-25(2)19(17-8-4-6-10-20(17)29-3)16-24-22(27)12-13-23(28)26-14-15-30-21-11-7-5-9-18(21)26/h4-11,19H,12-16H2,1-3H3,(H,24,27). The van der Waals surface area contributed by atoms with Crippen molar-refractivity contribution in [3.8, 4) is 11.5 Å². The first kappa shape index (κ1) is 21.6. The van der Waals surface area contributed by atoms with E-state index in [1.165, 1.54) is 0 Å². The molecule has 7 heteroatoms. The molecule has 2 amide bonds. The van der Waals surface area contributed by atoms with Gasteiger partial charge in [0.05, 0.1) is 25.4 Å². The monoisotopic (exact) mass is 411 g/mol. The molecule has 2 aromatic carbocycles. The summed E-state index contributed by atoms with van der Waals surface area (Å²) in [4.78, 5) is 28.8. The number of anilines is 1. The van der Waals surface area contributed by atoms with Gasteiger partial charge < -0.3 is 24.6 Å². The van der Waals surface area contributed by atoms with Crippen molar-refractivity contribution in [1.29, 1.82) is 0 Å². The van der Waals surface area contributed by atoms with E-state index in [4.69, 9.17) is 9.47 Å². The first-order valence-electron chi connectivity index (χ1n) is 10.1. The van der Waals surface area contributed by atoms with Gasteiger partial charge in [-0.1, -0.05) is 30.3 Å². The van der Waals surface area contributed by atoms with Crippen molar-refractivity contribution in [2.45, 2.75) is 18.9 Å². The summed E-state index contributed by atoms with van der Waals surface area (Å²) >= 11 is 0. The lowest BCUT2D eigenvalue weighted by atomic mass is 10.0. The lowest BCUT2D eigenvalue weighted by molar-refractivity contribution is -0.125. The summed E-state index contributed by atoms with van der Waals surface area (Å²) in [5.74, 6) is 1.26. The Labute approximate surface area is 177 Å². The number of ether oxygens (including phenoxy) is 2. The van der Waals surface area contributed by atoms with Crippen LogP contribution in [0, 0.1) is 0 Å². The highest BCUT2D eigenvalue weighted by atomic mass is 16.5. The van der Waals surface area contributed by atoms with Gasteiger partial charge in [0.1, 0.15) is 18.1 Å². The number of hydrogen-bond donors (Lipinski definition) is 1. The zero-order chi connectivity index (χ0) is 21.5. The Morgan fingerprint density at radius 3 is 2.63 bits per heavy atom. The average molecular weight is 412 g/mol. The van der Waals surface area contributed by atoms with Gasteiger partial charge in [-0.3, -0.25) is 9.59 Å². The maximum absolute atomic E-state index is 12.7. The largest absolute Gasteiger partial charge is 0.496 e. The van der Waals surface area contributed by atoms with Crippen molar-refractivity contribution in [3.05, 3.63) is 54.1 Å². The van der Waals surface area contributed by atoms with Crippen LogP contribution >= 0.6 is 0 Å². The van der Waals surface area contributed by atoms with Crippen molar-refractivity contribution < 1.29 is 19.1 Å². The van der Waals surface area contributed by atoms with E-state index in [0.29, 0.717) is 25.4 Å². The number of benzene rings is 2. The highest BCUT2D eigenvalue weighted by Gasteiger charge is 2.24. The molecule has 2 aromatic rings. The molecule has 1 aliphatic rings. The summed E-state index contributed by atoms with van der Waals surface area (Å²) in [5, 5.41) is 2.96. The highest BCUT2D eigenvalue weighted by molar-refractivity contribution is 5.97. The van der Waals surface area contributed by atoms with Crippen molar-refractivity contribution in [3.63, 3.8) is 0 Å². The molecule has 0 spiro atoms. The van der Waals surface area contributed by atoms with E-state index < -0.39 is 0 Å². The molecule has 0 saturated carbocycles. The molecule has 7 nitrogen and oxygen atoms in total. The van der Waals surface area contributed by atoms with Crippen LogP contribution in [-0.4, -0.2) is 57.6 Å². The van der Waals surface area contributed by atoms with E-state index in [2.05, 4.69) is 5.32 Å². The number of carbonyl (C=O) groups is 2. The summed E-state index contributed by atoms with van der Waals surface area (Å²) in [5.41, 5.74) is 1.77. The molecular weight excluding hydrogens is 382 g/mol. The third kappa shape index (κ3) is 5.10. The van der Waals surface area contributed by atoms with E-state index in [1.54, 1.807) is 12.0 Å². The maximum atomic E-state index is 12.7. The summed E-state index contributed by atoms with van der Waals surface area (Å²) in [6.45, 7) is 1.38. The van der Waals surface area contributed by atoms with E-state index in [0.717, 1.165) is 17.0 Å². The Hall–Kier alpha value is -3.06. The minimum absolute atomic E-state index is 0.0353. The van der Waals surface area contributed by atoms with Gasteiger partial charge in [-0.15, -0.1) is 0 Å². The maximum Gasteiger partial charge on any atom is 0.227 e. The molecule has 0 fully saturated rings. The van der Waals surface area contributed by atoms with Crippen molar-refractivity contribution in [2.24, 2.45) is 0 Å². The van der Waals surface area contributed by atoms with Crippen LogP contribution in [0.5, 0.6) is 11.5 Å². The molecule has 3 rings (SSSR count). The molecule has 0 aromatic heterocycles. The van der Waals surface area contributed by atoms with Crippen molar-refractivity contribution >= 4 is 17.5 Å². The SMILES string of the molecule is COc1ccccc1C(CNC(=O)CCC(=O)N1CCOc2ccccc21)N(C)C. The molecule has 1 heterocycles. The number of likely N-dealkylation sites (N-methyl/N-ethyl adjacent to an activating group) is 1. The van der Waals surface area contributed by atoms with Crippen LogP contribution in [0.2, 0.25) is 0 Å². The molecule has 0 radical (unpaired) electrons. The van der Waals surface area contributed by atoms with Crippen LogP contribution < -0.4 is 19.7 Å². The zero-order valence-electron chi connectivity index (χ0n) is 17.8. The van der Waals surface area contributed by atoms with Crippen LogP contribution in [0.3, 0.4) is 0 Å². The molecule has 1 aliphatic heterocycles. The highest BCUT2D eigenvalue weighted by Crippen LogP contribution is 2.31. The van der Waals surface area contributed by atoms with Crippen molar-refractivity contribution in [1.82, 2.24) is 10.2 Å². The number of nitrogens with one attached hydrogen (secondary N) is 1. The van der Waals surface area contributed by atoms with Gasteiger partial charge >= 0.3 is 0 Å². The second-order valence-electron chi connectivity index (χ2n) is 7.39. The normalized spacial score (nSPS) is 13.9. The smallest absolute Gasteiger partial charge is 0.227 e. The number of carbonyl (C=O) groups excluding carboxylic acids is 2. The number of rotatable bonds is 8. The Morgan fingerprint density at radius 1 is 1.13 bits per heavy atom. The molecular formula is C23H29N3O4. The van der Waals surface area contributed by atoms with Crippen LogP contribution in [0.1, 0.15) is 24.4 Å². The molecule has 0 saturated heterocycles. The van der Waals surface area contributed by atoms with E-state index in [9.17, 15) is 9.59 Å². The van der Waals surface area contributed by atoms with Gasteiger partial charge in [-0.2, -0.15) is 0 Å². The molecule has 1 atom stereocenters. The van der Waals surface area contributed by atoms with Gasteiger partial charge in [-0.05, 0) is 32.3 Å². The quantitative estimate of drug-likeness (QED) is 0.723. The fraction of sp³-hybridized carbons (Fsp3) is 0.391. The second kappa shape index (κ2) is 10.1. The lowest BCUT2D eigenvalue weighted by Gasteiger charge is -2.29. The molecule has 0 bridgehead atoms.